The van der Waals surface area contributed by atoms with Gasteiger partial charge in [0, 0.05) is 45.1 Å². The fraction of sp³-hybridized carbons (Fsp3) is 0.812. The van der Waals surface area contributed by atoms with Crippen LogP contribution in [0.3, 0.4) is 0 Å². The zero-order chi connectivity index (χ0) is 14.7. The van der Waals surface area contributed by atoms with Crippen LogP contribution in [0.4, 0.5) is 0 Å². The number of ether oxygens (including phenoxy) is 1. The number of rotatable bonds is 5. The zero-order valence-corrected chi connectivity index (χ0v) is 13.4. The van der Waals surface area contributed by atoms with Gasteiger partial charge in [-0.25, -0.2) is 0 Å². The second-order valence-electron chi connectivity index (χ2n) is 6.18. The predicted molar refractivity (Wildman–Crippen MR) is 83.3 cm³/mol. The lowest BCUT2D eigenvalue weighted by atomic mass is 10.0. The van der Waals surface area contributed by atoms with Gasteiger partial charge in [0.15, 0.2) is 0 Å². The van der Waals surface area contributed by atoms with Crippen molar-refractivity contribution in [2.24, 2.45) is 0 Å². The highest BCUT2D eigenvalue weighted by atomic mass is 16.5. The van der Waals surface area contributed by atoms with E-state index in [0.29, 0.717) is 12.1 Å². The third kappa shape index (κ3) is 3.30. The smallest absolute Gasteiger partial charge is 0.0776 e. The van der Waals surface area contributed by atoms with Gasteiger partial charge in [-0.2, -0.15) is 5.10 Å². The van der Waals surface area contributed by atoms with Crippen molar-refractivity contribution in [1.82, 2.24) is 19.6 Å². The van der Waals surface area contributed by atoms with Crippen molar-refractivity contribution in [1.29, 1.82) is 0 Å². The number of aromatic nitrogens is 2. The summed E-state index contributed by atoms with van der Waals surface area (Å²) in [6.45, 7) is 11.8. The number of nitrogens with zero attached hydrogens (tertiary/aromatic N) is 4. The van der Waals surface area contributed by atoms with Gasteiger partial charge in [0.25, 0.3) is 0 Å². The Balaban J connectivity index is 1.73. The lowest BCUT2D eigenvalue weighted by molar-refractivity contribution is 0.0132. The van der Waals surface area contributed by atoms with Gasteiger partial charge in [0.2, 0.25) is 0 Å². The highest BCUT2D eigenvalue weighted by molar-refractivity contribution is 5.06. The standard InChI is InChI=1S/C16H28N4O/c1-3-18(4-2)11-16-13-19(14-6-9-21-10-7-14)12-15-5-8-17-20(15)16/h5,8,14,16H,3-4,6-7,9-13H2,1-2H3/t16-/m0/s1. The molecule has 5 nitrogen and oxygen atoms in total. The molecule has 0 amide bonds. The summed E-state index contributed by atoms with van der Waals surface area (Å²) >= 11 is 0. The van der Waals surface area contributed by atoms with Crippen LogP contribution in [0.15, 0.2) is 12.3 Å². The van der Waals surface area contributed by atoms with E-state index in [1.54, 1.807) is 0 Å². The lowest BCUT2D eigenvalue weighted by Gasteiger charge is -2.41. The van der Waals surface area contributed by atoms with Crippen LogP contribution in [0.1, 0.15) is 38.4 Å². The minimum Gasteiger partial charge on any atom is -0.381 e. The highest BCUT2D eigenvalue weighted by Crippen LogP contribution is 2.26. The Morgan fingerprint density at radius 3 is 2.76 bits per heavy atom. The maximum Gasteiger partial charge on any atom is 0.0776 e. The minimum absolute atomic E-state index is 0.478. The fourth-order valence-electron chi connectivity index (χ4n) is 3.66. The van der Waals surface area contributed by atoms with Crippen LogP contribution < -0.4 is 0 Å². The molecule has 0 radical (unpaired) electrons. The Kier molecular flexibility index (Phi) is 4.93. The third-order valence-corrected chi connectivity index (χ3v) is 4.98. The Bertz CT molecular complexity index is 437. The van der Waals surface area contributed by atoms with Crippen molar-refractivity contribution in [3.8, 4) is 0 Å². The summed E-state index contributed by atoms with van der Waals surface area (Å²) in [5, 5.41) is 4.58. The van der Waals surface area contributed by atoms with Crippen LogP contribution in [0.2, 0.25) is 0 Å². The monoisotopic (exact) mass is 292 g/mol. The van der Waals surface area contributed by atoms with E-state index in [4.69, 9.17) is 4.74 Å². The highest BCUT2D eigenvalue weighted by Gasteiger charge is 2.31. The minimum atomic E-state index is 0.478. The van der Waals surface area contributed by atoms with E-state index in [-0.39, 0.29) is 0 Å². The van der Waals surface area contributed by atoms with Gasteiger partial charge in [0.05, 0.1) is 11.7 Å². The van der Waals surface area contributed by atoms with E-state index >= 15 is 0 Å². The molecule has 2 aliphatic heterocycles. The molecule has 5 heteroatoms. The second-order valence-corrected chi connectivity index (χ2v) is 6.18. The molecule has 1 saturated heterocycles. The van der Waals surface area contributed by atoms with Crippen molar-refractivity contribution in [3.05, 3.63) is 18.0 Å². The Morgan fingerprint density at radius 1 is 1.29 bits per heavy atom. The second kappa shape index (κ2) is 6.90. The molecule has 0 spiro atoms. The zero-order valence-electron chi connectivity index (χ0n) is 13.4. The first-order chi connectivity index (χ1) is 10.3. The molecule has 118 valence electrons. The molecule has 1 aromatic rings. The first-order valence-corrected chi connectivity index (χ1v) is 8.38. The van der Waals surface area contributed by atoms with Gasteiger partial charge in [0.1, 0.15) is 0 Å². The molecule has 3 heterocycles. The summed E-state index contributed by atoms with van der Waals surface area (Å²) in [5.74, 6) is 0. The lowest BCUT2D eigenvalue weighted by Crippen LogP contribution is -2.48. The summed E-state index contributed by atoms with van der Waals surface area (Å²) < 4.78 is 7.78. The van der Waals surface area contributed by atoms with Gasteiger partial charge in [-0.15, -0.1) is 0 Å². The molecule has 0 saturated carbocycles. The average Bonchev–Trinajstić information content (AvgIpc) is 3.02. The number of likely N-dealkylation sites (N-methyl/N-ethyl adjacent to an activating group) is 1. The maximum absolute atomic E-state index is 5.52. The summed E-state index contributed by atoms with van der Waals surface area (Å²) in [4.78, 5) is 5.16. The number of hydrogen-bond acceptors (Lipinski definition) is 4. The van der Waals surface area contributed by atoms with Crippen molar-refractivity contribution < 1.29 is 4.74 Å². The first-order valence-electron chi connectivity index (χ1n) is 8.38. The molecule has 1 fully saturated rings. The molecular weight excluding hydrogens is 264 g/mol. The SMILES string of the molecule is CCN(CC)C[C@H]1CN(C2CCOCC2)Cc2ccnn21. The molecule has 0 aromatic carbocycles. The number of fused-ring (bicyclic) bond motifs is 1. The van der Waals surface area contributed by atoms with E-state index in [1.807, 2.05) is 6.20 Å². The van der Waals surface area contributed by atoms with Crippen LogP contribution in [0, 0.1) is 0 Å². The summed E-state index contributed by atoms with van der Waals surface area (Å²) in [6.07, 6.45) is 4.30. The van der Waals surface area contributed by atoms with Crippen LogP contribution in [0.25, 0.3) is 0 Å². The summed E-state index contributed by atoms with van der Waals surface area (Å²) in [5.41, 5.74) is 1.37. The molecule has 2 aliphatic rings. The topological polar surface area (TPSA) is 33.5 Å². The van der Waals surface area contributed by atoms with E-state index in [1.165, 1.54) is 18.5 Å². The fourth-order valence-corrected chi connectivity index (χ4v) is 3.66. The van der Waals surface area contributed by atoms with Gasteiger partial charge < -0.3 is 9.64 Å². The predicted octanol–water partition coefficient (Wildman–Crippen LogP) is 1.76. The van der Waals surface area contributed by atoms with E-state index in [0.717, 1.165) is 45.9 Å². The molecule has 0 N–H and O–H groups in total. The summed E-state index contributed by atoms with van der Waals surface area (Å²) in [6, 6.07) is 3.34. The quantitative estimate of drug-likeness (QED) is 0.828. The number of hydrogen-bond donors (Lipinski definition) is 0. The van der Waals surface area contributed by atoms with Crippen molar-refractivity contribution in [2.45, 2.75) is 45.3 Å². The molecule has 21 heavy (non-hydrogen) atoms. The van der Waals surface area contributed by atoms with Crippen LogP contribution in [-0.4, -0.2) is 65.0 Å². The van der Waals surface area contributed by atoms with Crippen LogP contribution in [0.5, 0.6) is 0 Å². The van der Waals surface area contributed by atoms with E-state index in [9.17, 15) is 0 Å². The van der Waals surface area contributed by atoms with Gasteiger partial charge in [-0.3, -0.25) is 9.58 Å². The van der Waals surface area contributed by atoms with Crippen LogP contribution in [-0.2, 0) is 11.3 Å². The average molecular weight is 292 g/mol. The van der Waals surface area contributed by atoms with Gasteiger partial charge in [-0.1, -0.05) is 13.8 Å². The largest absolute Gasteiger partial charge is 0.381 e. The third-order valence-electron chi connectivity index (χ3n) is 4.98. The van der Waals surface area contributed by atoms with Crippen molar-refractivity contribution in [3.63, 3.8) is 0 Å². The Hall–Kier alpha value is -0.910. The van der Waals surface area contributed by atoms with Gasteiger partial charge >= 0.3 is 0 Å². The van der Waals surface area contributed by atoms with Crippen molar-refractivity contribution >= 4 is 0 Å². The normalized spacial score (nSPS) is 24.4. The Morgan fingerprint density at radius 2 is 2.05 bits per heavy atom. The molecule has 0 bridgehead atoms. The van der Waals surface area contributed by atoms with Gasteiger partial charge in [-0.05, 0) is 32.0 Å². The first kappa shape index (κ1) is 15.0. The molecular formula is C16H28N4O. The summed E-state index contributed by atoms with van der Waals surface area (Å²) in [7, 11) is 0. The van der Waals surface area contributed by atoms with Crippen molar-refractivity contribution in [2.75, 3.05) is 39.4 Å². The Labute approximate surface area is 127 Å². The van der Waals surface area contributed by atoms with E-state index < -0.39 is 0 Å². The maximum atomic E-state index is 5.52. The molecule has 0 aliphatic carbocycles. The van der Waals surface area contributed by atoms with Crippen LogP contribution >= 0.6 is 0 Å². The molecule has 1 aromatic heterocycles. The molecule has 0 unspecified atom stereocenters. The van der Waals surface area contributed by atoms with E-state index in [2.05, 4.69) is 39.5 Å². The molecule has 1 atom stereocenters. The molecule has 3 rings (SSSR count).